The van der Waals surface area contributed by atoms with Gasteiger partial charge in [0.1, 0.15) is 5.60 Å². The summed E-state index contributed by atoms with van der Waals surface area (Å²) in [6.07, 6.45) is 0.00338. The Hall–Kier alpha value is -6.63. The quantitative estimate of drug-likeness (QED) is 0.0877. The number of nitro benzene ring substituents is 1. The number of carbonyl (C=O) groups is 5. The number of rotatable bonds is 9. The number of ether oxygens (including phenoxy) is 1. The van der Waals surface area contributed by atoms with E-state index < -0.39 is 40.2 Å². The maximum absolute atomic E-state index is 14.0. The molecule has 0 atom stereocenters. The van der Waals surface area contributed by atoms with Crippen molar-refractivity contribution in [2.45, 2.75) is 46.3 Å². The van der Waals surface area contributed by atoms with Crippen LogP contribution in [0.2, 0.25) is 0 Å². The second-order valence-corrected chi connectivity index (χ2v) is 13.3. The summed E-state index contributed by atoms with van der Waals surface area (Å²) in [6, 6.07) is 24.6. The van der Waals surface area contributed by atoms with E-state index in [4.69, 9.17) is 4.74 Å². The van der Waals surface area contributed by atoms with E-state index in [1.165, 1.54) is 30.0 Å². The van der Waals surface area contributed by atoms with Gasteiger partial charge in [-0.2, -0.15) is 0 Å². The van der Waals surface area contributed by atoms with Crippen LogP contribution in [0.1, 0.15) is 70.7 Å². The van der Waals surface area contributed by atoms with Crippen molar-refractivity contribution in [3.63, 3.8) is 0 Å². The molecule has 0 aromatic heterocycles. The Labute approximate surface area is 299 Å². The Bertz CT molecular complexity index is 2130. The number of anilines is 2. The third kappa shape index (κ3) is 7.15. The Morgan fingerprint density at radius 2 is 1.42 bits per heavy atom. The summed E-state index contributed by atoms with van der Waals surface area (Å²) in [6.45, 7) is 6.95. The minimum Gasteiger partial charge on any atom is -0.444 e. The van der Waals surface area contributed by atoms with Gasteiger partial charge in [-0.1, -0.05) is 48.5 Å². The van der Waals surface area contributed by atoms with Crippen molar-refractivity contribution in [3.8, 4) is 0 Å². The highest BCUT2D eigenvalue weighted by Gasteiger charge is 2.39. The summed E-state index contributed by atoms with van der Waals surface area (Å²) < 4.78 is 5.28. The number of nitrogens with zero attached hydrogens (tertiary/aromatic N) is 3. The molecule has 5 amide bonds. The lowest BCUT2D eigenvalue weighted by atomic mass is 9.98. The molecule has 6 rings (SSSR count). The Kier molecular flexibility index (Phi) is 9.44. The number of hydrogen-bond donors (Lipinski definition) is 2. The van der Waals surface area contributed by atoms with Gasteiger partial charge in [-0.15, -0.1) is 0 Å². The Morgan fingerprint density at radius 3 is 2.00 bits per heavy atom. The molecule has 0 radical (unpaired) electrons. The molecule has 4 aromatic rings. The van der Waals surface area contributed by atoms with Gasteiger partial charge in [0.05, 0.1) is 39.6 Å². The van der Waals surface area contributed by atoms with E-state index in [0.717, 1.165) is 10.5 Å². The highest BCUT2D eigenvalue weighted by molar-refractivity contribution is 6.43. The second kappa shape index (κ2) is 13.9. The van der Waals surface area contributed by atoms with Gasteiger partial charge in [0.25, 0.3) is 23.4 Å². The molecule has 13 heteroatoms. The van der Waals surface area contributed by atoms with Crippen LogP contribution < -0.4 is 15.5 Å². The van der Waals surface area contributed by atoms with Crippen molar-refractivity contribution >= 4 is 58.1 Å². The van der Waals surface area contributed by atoms with Crippen molar-refractivity contribution in [1.29, 1.82) is 0 Å². The smallest absolute Gasteiger partial charge is 0.407 e. The van der Waals surface area contributed by atoms with Crippen molar-refractivity contribution in [2.24, 2.45) is 0 Å². The molecule has 0 spiro atoms. The normalized spacial score (nSPS) is 14.6. The average Bonchev–Trinajstić information content (AvgIpc) is 3.52. The van der Waals surface area contributed by atoms with Crippen molar-refractivity contribution in [2.75, 3.05) is 16.8 Å². The first-order valence-electron chi connectivity index (χ1n) is 16.5. The number of carbonyl (C=O) groups excluding carboxylic acids is 5. The lowest BCUT2D eigenvalue weighted by Crippen LogP contribution is -2.33. The summed E-state index contributed by atoms with van der Waals surface area (Å²) in [7, 11) is 0. The van der Waals surface area contributed by atoms with E-state index in [9.17, 15) is 34.1 Å². The molecular formula is C39H35N5O8. The number of nitrogens with one attached hydrogen (secondary N) is 2. The van der Waals surface area contributed by atoms with E-state index in [-0.39, 0.29) is 34.8 Å². The zero-order valence-electron chi connectivity index (χ0n) is 28.9. The third-order valence-corrected chi connectivity index (χ3v) is 8.45. The van der Waals surface area contributed by atoms with Crippen LogP contribution in [0.25, 0.3) is 11.3 Å². The predicted octanol–water partition coefficient (Wildman–Crippen LogP) is 6.33. The molecule has 13 nitrogen and oxygen atoms in total. The number of non-ortho nitro benzene ring substituents is 1. The average molecular weight is 702 g/mol. The van der Waals surface area contributed by atoms with Gasteiger partial charge < -0.3 is 15.4 Å². The first-order valence-corrected chi connectivity index (χ1v) is 16.5. The SMILES string of the molecule is CC(=O)N1C(=O)/C(=C(\Nc2ccc(CCNC(=O)OC(C)(C)C)cc2)c2ccc(CN3C(=O)c4ccccc4C3=O)cc2)c2cc([N+](=O)[O-])ccc21. The van der Waals surface area contributed by atoms with E-state index in [1.54, 1.807) is 81.4 Å². The fourth-order valence-electron chi connectivity index (χ4n) is 6.07. The monoisotopic (exact) mass is 701 g/mol. The van der Waals surface area contributed by atoms with Gasteiger partial charge in [0.2, 0.25) is 5.91 Å². The highest BCUT2D eigenvalue weighted by atomic mass is 16.6. The van der Waals surface area contributed by atoms with Gasteiger partial charge in [0, 0.05) is 36.9 Å². The molecule has 2 heterocycles. The van der Waals surface area contributed by atoms with Gasteiger partial charge in [-0.05, 0) is 74.2 Å². The van der Waals surface area contributed by atoms with Crippen LogP contribution in [-0.4, -0.2) is 51.7 Å². The molecule has 0 saturated carbocycles. The maximum atomic E-state index is 14.0. The van der Waals surface area contributed by atoms with Crippen molar-refractivity contribution in [1.82, 2.24) is 10.2 Å². The molecule has 0 saturated heterocycles. The molecule has 264 valence electrons. The van der Waals surface area contributed by atoms with Crippen LogP contribution in [0.4, 0.5) is 21.9 Å². The lowest BCUT2D eigenvalue weighted by Gasteiger charge is -2.19. The molecule has 2 aliphatic rings. The fraction of sp³-hybridized carbons (Fsp3) is 0.205. The molecule has 0 unspecified atom stereocenters. The maximum Gasteiger partial charge on any atom is 0.407 e. The zero-order valence-corrected chi connectivity index (χ0v) is 28.9. The number of fused-ring (bicyclic) bond motifs is 2. The molecule has 0 bridgehead atoms. The van der Waals surface area contributed by atoms with E-state index in [2.05, 4.69) is 10.6 Å². The number of imide groups is 2. The topological polar surface area (TPSA) is 168 Å². The number of amides is 5. The van der Waals surface area contributed by atoms with E-state index in [1.807, 2.05) is 12.1 Å². The minimum absolute atomic E-state index is 0.0162. The van der Waals surface area contributed by atoms with Crippen LogP contribution in [0.5, 0.6) is 0 Å². The van der Waals surface area contributed by atoms with E-state index in [0.29, 0.717) is 40.9 Å². The molecular weight excluding hydrogens is 666 g/mol. The van der Waals surface area contributed by atoms with E-state index >= 15 is 0 Å². The standard InChI is InChI=1S/C39H35N5O8/c1-23(45)43-32-18-17-28(44(50)51)21-31(32)33(37(43)48)34(41-27-15-11-24(12-16-27)19-20-40-38(49)52-39(2,3)4)26-13-9-25(10-14-26)22-42-35(46)29-7-5-6-8-30(29)36(42)47/h5-18,21,41H,19-20,22H2,1-4H3,(H,40,49)/b34-33-. The Balaban J connectivity index is 1.33. The molecule has 2 aliphatic heterocycles. The van der Waals surface area contributed by atoms with Crippen molar-refractivity contribution < 1.29 is 33.6 Å². The minimum atomic E-state index is -0.662. The first-order chi connectivity index (χ1) is 24.7. The molecule has 4 aromatic carbocycles. The summed E-state index contributed by atoms with van der Waals surface area (Å²) in [5, 5.41) is 17.8. The lowest BCUT2D eigenvalue weighted by molar-refractivity contribution is -0.384. The first kappa shape index (κ1) is 35.2. The summed E-state index contributed by atoms with van der Waals surface area (Å²) >= 11 is 0. The van der Waals surface area contributed by atoms with Crippen molar-refractivity contribution in [3.05, 3.63) is 134 Å². The number of hydrogen-bond acceptors (Lipinski definition) is 9. The second-order valence-electron chi connectivity index (χ2n) is 13.3. The summed E-state index contributed by atoms with van der Waals surface area (Å²) in [4.78, 5) is 78.1. The van der Waals surface area contributed by atoms with Gasteiger partial charge in [-0.25, -0.2) is 9.69 Å². The fourth-order valence-corrected chi connectivity index (χ4v) is 6.07. The highest BCUT2D eigenvalue weighted by Crippen LogP contribution is 2.43. The summed E-state index contributed by atoms with van der Waals surface area (Å²) in [5.41, 5.74) is 3.19. The zero-order chi connectivity index (χ0) is 37.3. The molecule has 2 N–H and O–H groups in total. The van der Waals surface area contributed by atoms with Crippen LogP contribution in [-0.2, 0) is 27.3 Å². The van der Waals surface area contributed by atoms with Crippen LogP contribution in [0, 0.1) is 10.1 Å². The molecule has 0 aliphatic carbocycles. The molecule has 0 fully saturated rings. The van der Waals surface area contributed by atoms with Crippen LogP contribution >= 0.6 is 0 Å². The van der Waals surface area contributed by atoms with Gasteiger partial charge in [0.15, 0.2) is 0 Å². The predicted molar refractivity (Wildman–Crippen MR) is 193 cm³/mol. The van der Waals surface area contributed by atoms with Gasteiger partial charge >= 0.3 is 6.09 Å². The summed E-state index contributed by atoms with van der Waals surface area (Å²) in [5.74, 6) is -2.00. The number of benzene rings is 4. The van der Waals surface area contributed by atoms with Crippen LogP contribution in [0.15, 0.2) is 91.0 Å². The Morgan fingerprint density at radius 1 is 0.808 bits per heavy atom. The molecule has 52 heavy (non-hydrogen) atoms. The number of nitro groups is 1. The third-order valence-electron chi connectivity index (χ3n) is 8.45. The number of alkyl carbamates (subject to hydrolysis) is 1. The van der Waals surface area contributed by atoms with Crippen LogP contribution in [0.3, 0.4) is 0 Å². The largest absolute Gasteiger partial charge is 0.444 e. The van der Waals surface area contributed by atoms with Gasteiger partial charge in [-0.3, -0.25) is 34.2 Å².